The van der Waals surface area contributed by atoms with Crippen molar-refractivity contribution in [3.63, 3.8) is 0 Å². The molecule has 96 valence electrons. The Kier molecular flexibility index (Phi) is 2.82. The van der Waals surface area contributed by atoms with E-state index >= 15 is 0 Å². The molecule has 0 N–H and O–H groups in total. The molecule has 0 radical (unpaired) electrons. The van der Waals surface area contributed by atoms with Gasteiger partial charge in [0, 0.05) is 24.1 Å². The number of halogens is 1. The second-order valence-electron chi connectivity index (χ2n) is 4.61. The fraction of sp³-hybridized carbons (Fsp3) is 0.133. The molecule has 2 heterocycles. The monoisotopic (exact) mass is 317 g/mol. The summed E-state index contributed by atoms with van der Waals surface area (Å²) >= 11 is 3.21. The van der Waals surface area contributed by atoms with Crippen molar-refractivity contribution in [2.45, 2.75) is 6.92 Å². The van der Waals surface area contributed by atoms with Crippen LogP contribution in [0.15, 0.2) is 45.6 Å². The first-order valence-corrected chi connectivity index (χ1v) is 6.71. The second kappa shape index (κ2) is 4.38. The minimum atomic E-state index is -0.0971. The van der Waals surface area contributed by atoms with Crippen LogP contribution in [0.1, 0.15) is 21.7 Å². The predicted molar refractivity (Wildman–Crippen MR) is 77.5 cm³/mol. The quantitative estimate of drug-likeness (QED) is 0.668. The van der Waals surface area contributed by atoms with Gasteiger partial charge in [0.25, 0.3) is 0 Å². The largest absolute Gasteiger partial charge is 0.446 e. The number of carbonyl (C=O) groups excluding carboxylic acids is 1. The molecular formula is C15H12BrNO2. The molecule has 0 amide bonds. The molecule has 0 spiro atoms. The van der Waals surface area contributed by atoms with Gasteiger partial charge >= 0.3 is 0 Å². The highest BCUT2D eigenvalue weighted by atomic mass is 79.9. The molecule has 0 unspecified atom stereocenters. The Morgan fingerprint density at radius 1 is 1.26 bits per heavy atom. The summed E-state index contributed by atoms with van der Waals surface area (Å²) in [5.41, 5.74) is 2.89. The topological polar surface area (TPSA) is 35.1 Å². The van der Waals surface area contributed by atoms with Crippen LogP contribution in [0.5, 0.6) is 0 Å². The van der Waals surface area contributed by atoms with E-state index < -0.39 is 0 Å². The number of fused-ring (bicyclic) bond motifs is 1. The van der Waals surface area contributed by atoms with Gasteiger partial charge in [-0.25, -0.2) is 0 Å². The van der Waals surface area contributed by atoms with E-state index in [9.17, 15) is 4.79 Å². The van der Waals surface area contributed by atoms with Crippen LogP contribution < -0.4 is 0 Å². The summed E-state index contributed by atoms with van der Waals surface area (Å²) in [6, 6.07) is 9.47. The van der Waals surface area contributed by atoms with Crippen molar-refractivity contribution in [3.05, 3.63) is 58.1 Å². The molecule has 0 atom stereocenters. The van der Waals surface area contributed by atoms with Crippen molar-refractivity contribution in [1.29, 1.82) is 0 Å². The van der Waals surface area contributed by atoms with Crippen LogP contribution in [0, 0.1) is 6.92 Å². The summed E-state index contributed by atoms with van der Waals surface area (Å²) in [7, 11) is 1.94. The first-order chi connectivity index (χ1) is 9.06. The molecule has 0 aliphatic heterocycles. The number of ketones is 1. The zero-order valence-corrected chi connectivity index (χ0v) is 12.2. The first kappa shape index (κ1) is 12.2. The number of hydrogen-bond acceptors (Lipinski definition) is 2. The van der Waals surface area contributed by atoms with E-state index in [1.54, 1.807) is 12.1 Å². The van der Waals surface area contributed by atoms with Crippen molar-refractivity contribution in [3.8, 4) is 0 Å². The van der Waals surface area contributed by atoms with Crippen molar-refractivity contribution < 1.29 is 9.21 Å². The fourth-order valence-corrected chi connectivity index (χ4v) is 2.55. The van der Waals surface area contributed by atoms with E-state index in [4.69, 9.17) is 4.42 Å². The lowest BCUT2D eigenvalue weighted by Crippen LogP contribution is -1.98. The molecule has 0 saturated heterocycles. The molecular weight excluding hydrogens is 306 g/mol. The number of aromatic nitrogens is 1. The lowest BCUT2D eigenvalue weighted by Gasteiger charge is -1.98. The van der Waals surface area contributed by atoms with Gasteiger partial charge in [0.2, 0.25) is 5.78 Å². The van der Waals surface area contributed by atoms with Gasteiger partial charge in [-0.3, -0.25) is 4.79 Å². The number of aryl methyl sites for hydroxylation is 2. The van der Waals surface area contributed by atoms with E-state index in [1.807, 2.05) is 36.9 Å². The highest BCUT2D eigenvalue weighted by Gasteiger charge is 2.18. The highest BCUT2D eigenvalue weighted by molar-refractivity contribution is 9.10. The first-order valence-electron chi connectivity index (χ1n) is 5.92. The maximum absolute atomic E-state index is 12.4. The van der Waals surface area contributed by atoms with Gasteiger partial charge in [-0.15, -0.1) is 0 Å². The summed E-state index contributed by atoms with van der Waals surface area (Å²) in [5.74, 6) is 0.250. The van der Waals surface area contributed by atoms with E-state index in [2.05, 4.69) is 22.0 Å². The number of carbonyl (C=O) groups is 1. The van der Waals surface area contributed by atoms with E-state index in [0.29, 0.717) is 16.0 Å². The number of hydrogen-bond donors (Lipinski definition) is 0. The molecule has 0 saturated carbocycles. The molecule has 4 heteroatoms. The minimum absolute atomic E-state index is 0.0971. The molecule has 3 rings (SSSR count). The summed E-state index contributed by atoms with van der Waals surface area (Å²) in [6.07, 6.45) is 1.85. The van der Waals surface area contributed by atoms with Gasteiger partial charge in [-0.1, -0.05) is 12.1 Å². The standard InChI is InChI=1S/C15H12BrNO2/c1-9-3-4-10-11(8-17(2)12(10)7-9)15(18)13-5-6-14(16)19-13/h3-8H,1-2H3. The molecule has 0 fully saturated rings. The maximum atomic E-state index is 12.4. The summed E-state index contributed by atoms with van der Waals surface area (Å²) in [4.78, 5) is 12.4. The van der Waals surface area contributed by atoms with E-state index in [1.165, 1.54) is 5.56 Å². The fourth-order valence-electron chi connectivity index (χ4n) is 2.24. The minimum Gasteiger partial charge on any atom is -0.446 e. The van der Waals surface area contributed by atoms with Crippen LogP contribution in [-0.2, 0) is 7.05 Å². The lowest BCUT2D eigenvalue weighted by molar-refractivity contribution is 0.101. The van der Waals surface area contributed by atoms with Gasteiger partial charge in [0.15, 0.2) is 10.4 Å². The Balaban J connectivity index is 2.18. The van der Waals surface area contributed by atoms with Crippen LogP contribution in [0.4, 0.5) is 0 Å². The third-order valence-electron chi connectivity index (χ3n) is 3.19. The molecule has 19 heavy (non-hydrogen) atoms. The Morgan fingerprint density at radius 2 is 2.05 bits per heavy atom. The Hall–Kier alpha value is -1.81. The third kappa shape index (κ3) is 2.02. The average molecular weight is 318 g/mol. The van der Waals surface area contributed by atoms with Crippen molar-refractivity contribution >= 4 is 32.6 Å². The van der Waals surface area contributed by atoms with Crippen LogP contribution in [0.2, 0.25) is 0 Å². The molecule has 1 aromatic carbocycles. The lowest BCUT2D eigenvalue weighted by atomic mass is 10.1. The van der Waals surface area contributed by atoms with Crippen LogP contribution in [0.3, 0.4) is 0 Å². The van der Waals surface area contributed by atoms with Gasteiger partial charge in [0.05, 0.1) is 5.56 Å². The molecule has 0 aliphatic rings. The van der Waals surface area contributed by atoms with Crippen molar-refractivity contribution in [2.24, 2.45) is 7.05 Å². The van der Waals surface area contributed by atoms with E-state index in [-0.39, 0.29) is 5.78 Å². The van der Waals surface area contributed by atoms with Gasteiger partial charge in [-0.2, -0.15) is 0 Å². The molecule has 0 aliphatic carbocycles. The normalized spacial score (nSPS) is 11.1. The number of rotatable bonds is 2. The number of benzene rings is 1. The van der Waals surface area contributed by atoms with Crippen LogP contribution >= 0.6 is 15.9 Å². The maximum Gasteiger partial charge on any atom is 0.230 e. The Bertz CT molecular complexity index is 783. The number of nitrogens with zero attached hydrogens (tertiary/aromatic N) is 1. The summed E-state index contributed by atoms with van der Waals surface area (Å²) in [5, 5.41) is 0.950. The average Bonchev–Trinajstić information content (AvgIpc) is 2.94. The zero-order valence-electron chi connectivity index (χ0n) is 10.6. The van der Waals surface area contributed by atoms with Gasteiger partial charge in [-0.05, 0) is 46.6 Å². The molecule has 2 aromatic heterocycles. The second-order valence-corrected chi connectivity index (χ2v) is 5.39. The van der Waals surface area contributed by atoms with Crippen molar-refractivity contribution in [2.75, 3.05) is 0 Å². The van der Waals surface area contributed by atoms with Crippen LogP contribution in [0.25, 0.3) is 10.9 Å². The zero-order chi connectivity index (χ0) is 13.6. The molecule has 3 aromatic rings. The van der Waals surface area contributed by atoms with Gasteiger partial charge in [0.1, 0.15) is 0 Å². The summed E-state index contributed by atoms with van der Waals surface area (Å²) in [6.45, 7) is 2.04. The molecule has 3 nitrogen and oxygen atoms in total. The Morgan fingerprint density at radius 3 is 2.74 bits per heavy atom. The highest BCUT2D eigenvalue weighted by Crippen LogP contribution is 2.25. The Labute approximate surface area is 119 Å². The number of furan rings is 1. The molecule has 0 bridgehead atoms. The summed E-state index contributed by atoms with van der Waals surface area (Å²) < 4.78 is 7.87. The predicted octanol–water partition coefficient (Wildman–Crippen LogP) is 4.07. The third-order valence-corrected chi connectivity index (χ3v) is 3.61. The van der Waals surface area contributed by atoms with Crippen LogP contribution in [-0.4, -0.2) is 10.4 Å². The smallest absolute Gasteiger partial charge is 0.230 e. The van der Waals surface area contributed by atoms with Crippen molar-refractivity contribution in [1.82, 2.24) is 4.57 Å². The van der Waals surface area contributed by atoms with Gasteiger partial charge < -0.3 is 8.98 Å². The SMILES string of the molecule is Cc1ccc2c(C(=O)c3ccc(Br)o3)cn(C)c2c1. The van der Waals surface area contributed by atoms with E-state index in [0.717, 1.165) is 10.9 Å².